The van der Waals surface area contributed by atoms with Gasteiger partial charge in [-0.2, -0.15) is 0 Å². The molecule has 1 aliphatic rings. The van der Waals surface area contributed by atoms with Gasteiger partial charge in [-0.25, -0.2) is 0 Å². The number of thiophene rings is 1. The third-order valence-corrected chi connectivity index (χ3v) is 3.96. The van der Waals surface area contributed by atoms with Crippen LogP contribution in [-0.2, 0) is 9.53 Å². The Morgan fingerprint density at radius 1 is 1.56 bits per heavy atom. The maximum atomic E-state index is 11.9. The van der Waals surface area contributed by atoms with E-state index in [0.29, 0.717) is 12.6 Å². The molecule has 0 aliphatic carbocycles. The molecule has 1 atom stereocenters. The second-order valence-electron chi connectivity index (χ2n) is 5.73. The van der Waals surface area contributed by atoms with E-state index in [1.165, 1.54) is 4.88 Å². The molecule has 18 heavy (non-hydrogen) atoms. The summed E-state index contributed by atoms with van der Waals surface area (Å²) < 4.78 is 5.39. The van der Waals surface area contributed by atoms with Crippen LogP contribution in [0, 0.1) is 0 Å². The highest BCUT2D eigenvalue weighted by Gasteiger charge is 2.29. The molecular formula is C14H21NO2S. The van der Waals surface area contributed by atoms with Crippen molar-refractivity contribution >= 4 is 17.3 Å². The number of rotatable bonds is 3. The molecule has 1 fully saturated rings. The maximum absolute atomic E-state index is 11.9. The fourth-order valence-electron chi connectivity index (χ4n) is 2.36. The molecule has 4 heteroatoms. The highest BCUT2D eigenvalue weighted by atomic mass is 32.1. The number of ether oxygens (including phenoxy) is 1. The first-order valence-electron chi connectivity index (χ1n) is 6.45. The lowest BCUT2D eigenvalue weighted by Gasteiger charge is -2.25. The lowest BCUT2D eigenvalue weighted by Crippen LogP contribution is -2.34. The molecule has 0 saturated carbocycles. The minimum Gasteiger partial charge on any atom is -0.459 e. The first-order chi connectivity index (χ1) is 8.46. The molecule has 1 saturated heterocycles. The van der Waals surface area contributed by atoms with Crippen LogP contribution in [0.15, 0.2) is 17.5 Å². The topological polar surface area (TPSA) is 29.5 Å². The third-order valence-electron chi connectivity index (χ3n) is 2.99. The monoisotopic (exact) mass is 267 g/mol. The SMILES string of the molecule is CC(C)(C)OC(=O)CN1CCCC1c1cccs1. The zero-order valence-corrected chi connectivity index (χ0v) is 12.1. The minimum atomic E-state index is -0.394. The van der Waals surface area contributed by atoms with Crippen LogP contribution in [0.25, 0.3) is 0 Å². The van der Waals surface area contributed by atoms with Gasteiger partial charge >= 0.3 is 5.97 Å². The number of hydrogen-bond donors (Lipinski definition) is 0. The fourth-order valence-corrected chi connectivity index (χ4v) is 3.25. The maximum Gasteiger partial charge on any atom is 0.320 e. The van der Waals surface area contributed by atoms with Gasteiger partial charge in [0.2, 0.25) is 0 Å². The Hall–Kier alpha value is -0.870. The number of esters is 1. The van der Waals surface area contributed by atoms with Gasteiger partial charge < -0.3 is 4.74 Å². The molecule has 1 aliphatic heterocycles. The molecule has 3 nitrogen and oxygen atoms in total. The second-order valence-corrected chi connectivity index (χ2v) is 6.71. The molecule has 0 amide bonds. The predicted molar refractivity (Wildman–Crippen MR) is 73.7 cm³/mol. The summed E-state index contributed by atoms with van der Waals surface area (Å²) in [5.41, 5.74) is -0.394. The quantitative estimate of drug-likeness (QED) is 0.787. The van der Waals surface area contributed by atoms with Gasteiger partial charge in [-0.3, -0.25) is 9.69 Å². The Labute approximate surface area is 113 Å². The van der Waals surface area contributed by atoms with E-state index in [-0.39, 0.29) is 5.97 Å². The zero-order valence-electron chi connectivity index (χ0n) is 11.3. The van der Waals surface area contributed by atoms with Crippen LogP contribution in [-0.4, -0.2) is 29.6 Å². The van der Waals surface area contributed by atoms with E-state index in [9.17, 15) is 4.79 Å². The van der Waals surface area contributed by atoms with E-state index in [4.69, 9.17) is 4.74 Å². The van der Waals surface area contributed by atoms with Crippen LogP contribution in [0.2, 0.25) is 0 Å². The average Bonchev–Trinajstić information content (AvgIpc) is 2.82. The van der Waals surface area contributed by atoms with Crippen molar-refractivity contribution in [2.75, 3.05) is 13.1 Å². The number of carbonyl (C=O) groups is 1. The van der Waals surface area contributed by atoms with Crippen molar-refractivity contribution in [1.82, 2.24) is 4.90 Å². The molecule has 2 heterocycles. The lowest BCUT2D eigenvalue weighted by molar-refractivity contribution is -0.156. The molecule has 0 N–H and O–H groups in total. The van der Waals surface area contributed by atoms with Gasteiger partial charge in [0.05, 0.1) is 6.54 Å². The van der Waals surface area contributed by atoms with Crippen LogP contribution in [0.1, 0.15) is 44.5 Å². The van der Waals surface area contributed by atoms with Gasteiger partial charge in [-0.05, 0) is 51.6 Å². The van der Waals surface area contributed by atoms with E-state index in [2.05, 4.69) is 22.4 Å². The van der Waals surface area contributed by atoms with E-state index < -0.39 is 5.60 Å². The summed E-state index contributed by atoms with van der Waals surface area (Å²) in [6, 6.07) is 4.63. The molecule has 0 spiro atoms. The van der Waals surface area contributed by atoms with Gasteiger partial charge in [0.15, 0.2) is 0 Å². The van der Waals surface area contributed by atoms with E-state index >= 15 is 0 Å². The van der Waals surface area contributed by atoms with E-state index in [1.807, 2.05) is 20.8 Å². The normalized spacial score (nSPS) is 21.2. The smallest absolute Gasteiger partial charge is 0.320 e. The summed E-state index contributed by atoms with van der Waals surface area (Å²) in [5, 5.41) is 2.10. The Balaban J connectivity index is 1.94. The summed E-state index contributed by atoms with van der Waals surface area (Å²) in [7, 11) is 0. The van der Waals surface area contributed by atoms with Crippen molar-refractivity contribution in [3.63, 3.8) is 0 Å². The molecule has 1 aromatic heterocycles. The Kier molecular flexibility index (Phi) is 4.07. The standard InChI is InChI=1S/C14H21NO2S/c1-14(2,3)17-13(16)10-15-8-4-6-11(15)12-7-5-9-18-12/h5,7,9,11H,4,6,8,10H2,1-3H3. The Morgan fingerprint density at radius 3 is 2.94 bits per heavy atom. The largest absolute Gasteiger partial charge is 0.459 e. The highest BCUT2D eigenvalue weighted by molar-refractivity contribution is 7.10. The van der Waals surface area contributed by atoms with Crippen molar-refractivity contribution in [1.29, 1.82) is 0 Å². The molecule has 1 unspecified atom stereocenters. The summed E-state index contributed by atoms with van der Waals surface area (Å²) in [4.78, 5) is 15.5. The third kappa shape index (κ3) is 3.56. The highest BCUT2D eigenvalue weighted by Crippen LogP contribution is 2.34. The summed E-state index contributed by atoms with van der Waals surface area (Å²) >= 11 is 1.77. The van der Waals surface area contributed by atoms with Crippen LogP contribution < -0.4 is 0 Å². The molecule has 0 radical (unpaired) electrons. The first kappa shape index (κ1) is 13.6. The second kappa shape index (κ2) is 5.41. The van der Waals surface area contributed by atoms with E-state index in [1.54, 1.807) is 11.3 Å². The molecular weight excluding hydrogens is 246 g/mol. The van der Waals surface area contributed by atoms with Crippen molar-refractivity contribution in [3.8, 4) is 0 Å². The summed E-state index contributed by atoms with van der Waals surface area (Å²) in [5.74, 6) is -0.119. The molecule has 100 valence electrons. The van der Waals surface area contributed by atoms with Gasteiger partial charge in [0, 0.05) is 10.9 Å². The van der Waals surface area contributed by atoms with Gasteiger partial charge in [-0.15, -0.1) is 11.3 Å². The zero-order chi connectivity index (χ0) is 13.2. The first-order valence-corrected chi connectivity index (χ1v) is 7.33. The predicted octanol–water partition coefficient (Wildman–Crippen LogP) is 3.23. The van der Waals surface area contributed by atoms with Gasteiger partial charge in [-0.1, -0.05) is 6.07 Å². The van der Waals surface area contributed by atoms with Gasteiger partial charge in [0.25, 0.3) is 0 Å². The molecule has 2 rings (SSSR count). The Morgan fingerprint density at radius 2 is 2.33 bits per heavy atom. The van der Waals surface area contributed by atoms with Crippen molar-refractivity contribution in [3.05, 3.63) is 22.4 Å². The van der Waals surface area contributed by atoms with Crippen molar-refractivity contribution < 1.29 is 9.53 Å². The van der Waals surface area contributed by atoms with Crippen molar-refractivity contribution in [2.45, 2.75) is 45.3 Å². The fraction of sp³-hybridized carbons (Fsp3) is 0.643. The van der Waals surface area contributed by atoms with Crippen LogP contribution >= 0.6 is 11.3 Å². The number of nitrogens with zero attached hydrogens (tertiary/aromatic N) is 1. The van der Waals surface area contributed by atoms with Gasteiger partial charge in [0.1, 0.15) is 5.60 Å². The lowest BCUT2D eigenvalue weighted by atomic mass is 10.2. The van der Waals surface area contributed by atoms with E-state index in [0.717, 1.165) is 19.4 Å². The Bertz CT molecular complexity index is 394. The molecule has 0 bridgehead atoms. The van der Waals surface area contributed by atoms with Crippen LogP contribution in [0.5, 0.6) is 0 Å². The minimum absolute atomic E-state index is 0.119. The summed E-state index contributed by atoms with van der Waals surface area (Å²) in [6.45, 7) is 7.12. The van der Waals surface area contributed by atoms with Crippen LogP contribution in [0.4, 0.5) is 0 Å². The van der Waals surface area contributed by atoms with Crippen molar-refractivity contribution in [2.24, 2.45) is 0 Å². The molecule has 1 aromatic rings. The average molecular weight is 267 g/mol. The number of carbonyl (C=O) groups excluding carboxylic acids is 1. The summed E-state index contributed by atoms with van der Waals surface area (Å²) in [6.07, 6.45) is 2.30. The molecule has 0 aromatic carbocycles. The number of hydrogen-bond acceptors (Lipinski definition) is 4. The number of likely N-dealkylation sites (tertiary alicyclic amines) is 1. The van der Waals surface area contributed by atoms with Crippen LogP contribution in [0.3, 0.4) is 0 Å².